The number of rotatable bonds is 5. The minimum absolute atomic E-state index is 0.127. The summed E-state index contributed by atoms with van der Waals surface area (Å²) in [5.41, 5.74) is 0.309. The van der Waals surface area contributed by atoms with Crippen molar-refractivity contribution in [3.8, 4) is 0 Å². The first-order valence-electron chi connectivity index (χ1n) is 10.1. The molecule has 1 aromatic carbocycles. The van der Waals surface area contributed by atoms with Gasteiger partial charge in [0.15, 0.2) is 0 Å². The number of halogens is 1. The van der Waals surface area contributed by atoms with Crippen molar-refractivity contribution in [1.82, 2.24) is 20.4 Å². The van der Waals surface area contributed by atoms with Gasteiger partial charge in [-0.1, -0.05) is 37.6 Å². The average molecular weight is 437 g/mol. The molecular formula is C21H29ClN4O4. The number of amides is 4. The molecule has 2 N–H and O–H groups in total. The zero-order valence-electron chi connectivity index (χ0n) is 17.8. The Morgan fingerprint density at radius 3 is 2.00 bits per heavy atom. The van der Waals surface area contributed by atoms with E-state index in [-0.39, 0.29) is 31.0 Å². The first-order chi connectivity index (χ1) is 14.1. The minimum atomic E-state index is -0.722. The van der Waals surface area contributed by atoms with Gasteiger partial charge in [-0.2, -0.15) is 0 Å². The largest absolute Gasteiger partial charge is 0.346 e. The fraction of sp³-hybridized carbons (Fsp3) is 0.524. The molecule has 1 aliphatic heterocycles. The van der Waals surface area contributed by atoms with E-state index in [1.54, 1.807) is 43.0 Å². The van der Waals surface area contributed by atoms with Crippen LogP contribution in [0.3, 0.4) is 0 Å². The van der Waals surface area contributed by atoms with E-state index in [9.17, 15) is 19.2 Å². The van der Waals surface area contributed by atoms with Crippen LogP contribution in [-0.4, -0.2) is 71.7 Å². The van der Waals surface area contributed by atoms with Gasteiger partial charge >= 0.3 is 11.8 Å². The van der Waals surface area contributed by atoms with Gasteiger partial charge in [0, 0.05) is 32.2 Å². The Morgan fingerprint density at radius 2 is 1.47 bits per heavy atom. The zero-order chi connectivity index (χ0) is 22.4. The predicted molar refractivity (Wildman–Crippen MR) is 114 cm³/mol. The summed E-state index contributed by atoms with van der Waals surface area (Å²) < 4.78 is 0. The highest BCUT2D eigenvalue weighted by Gasteiger charge is 2.33. The van der Waals surface area contributed by atoms with Crippen molar-refractivity contribution < 1.29 is 19.2 Å². The van der Waals surface area contributed by atoms with E-state index in [1.807, 2.05) is 13.8 Å². The maximum atomic E-state index is 13.0. The maximum absolute atomic E-state index is 13.0. The first-order valence-corrected chi connectivity index (χ1v) is 10.4. The van der Waals surface area contributed by atoms with Crippen LogP contribution in [0.1, 0.15) is 38.1 Å². The molecule has 1 aliphatic rings. The van der Waals surface area contributed by atoms with E-state index in [0.29, 0.717) is 23.7 Å². The van der Waals surface area contributed by atoms with E-state index >= 15 is 0 Å². The standard InChI is InChI=1S/C21H29ClN4O4/c1-13(2)17(24-18(27)15-7-5-6-8-16(15)22)20(29)25-9-11-26(12-10-25)21(30)19(28)23-14(3)4/h5-8,13-14,17H,9-12H2,1-4H3,(H,23,28)(H,24,27). The summed E-state index contributed by atoms with van der Waals surface area (Å²) in [4.78, 5) is 52.8. The van der Waals surface area contributed by atoms with Gasteiger partial charge < -0.3 is 20.4 Å². The molecule has 1 unspecified atom stereocenters. The highest BCUT2D eigenvalue weighted by molar-refractivity contribution is 6.35. The van der Waals surface area contributed by atoms with Gasteiger partial charge in [0.25, 0.3) is 5.91 Å². The molecule has 0 aromatic heterocycles. The van der Waals surface area contributed by atoms with E-state index in [1.165, 1.54) is 4.90 Å². The third-order valence-electron chi connectivity index (χ3n) is 4.83. The van der Waals surface area contributed by atoms with Crippen molar-refractivity contribution in [3.05, 3.63) is 34.9 Å². The van der Waals surface area contributed by atoms with Crippen LogP contribution < -0.4 is 10.6 Å². The van der Waals surface area contributed by atoms with Crippen LogP contribution >= 0.6 is 11.6 Å². The summed E-state index contributed by atoms with van der Waals surface area (Å²) >= 11 is 6.09. The van der Waals surface area contributed by atoms with Gasteiger partial charge in [-0.15, -0.1) is 0 Å². The van der Waals surface area contributed by atoms with Crippen molar-refractivity contribution in [2.45, 2.75) is 39.8 Å². The van der Waals surface area contributed by atoms with Gasteiger partial charge in [0.2, 0.25) is 5.91 Å². The number of nitrogens with zero attached hydrogens (tertiary/aromatic N) is 2. The Hall–Kier alpha value is -2.61. The lowest BCUT2D eigenvalue weighted by molar-refractivity contribution is -0.149. The smallest absolute Gasteiger partial charge is 0.312 e. The summed E-state index contributed by atoms with van der Waals surface area (Å²) in [6.07, 6.45) is 0. The van der Waals surface area contributed by atoms with Crippen LogP contribution in [0.2, 0.25) is 5.02 Å². The highest BCUT2D eigenvalue weighted by atomic mass is 35.5. The third-order valence-corrected chi connectivity index (χ3v) is 5.16. The molecule has 1 heterocycles. The van der Waals surface area contributed by atoms with Gasteiger partial charge in [-0.05, 0) is 31.9 Å². The fourth-order valence-corrected chi connectivity index (χ4v) is 3.39. The lowest BCUT2D eigenvalue weighted by Crippen LogP contribution is -2.58. The Labute approximate surface area is 181 Å². The second kappa shape index (κ2) is 10.4. The van der Waals surface area contributed by atoms with E-state index in [0.717, 1.165) is 0 Å². The quantitative estimate of drug-likeness (QED) is 0.679. The number of benzene rings is 1. The topological polar surface area (TPSA) is 98.8 Å². The van der Waals surface area contributed by atoms with Gasteiger partial charge in [0.1, 0.15) is 6.04 Å². The van der Waals surface area contributed by atoms with Crippen molar-refractivity contribution in [1.29, 1.82) is 0 Å². The molecule has 2 rings (SSSR count). The van der Waals surface area contributed by atoms with Crippen LogP contribution in [0.15, 0.2) is 24.3 Å². The number of hydrogen-bond donors (Lipinski definition) is 2. The lowest BCUT2D eigenvalue weighted by atomic mass is 10.0. The van der Waals surface area contributed by atoms with Gasteiger partial charge in [-0.25, -0.2) is 0 Å². The predicted octanol–water partition coefficient (Wildman–Crippen LogP) is 1.29. The van der Waals surface area contributed by atoms with Crippen LogP contribution in [0.5, 0.6) is 0 Å². The second-order valence-electron chi connectivity index (χ2n) is 7.92. The summed E-state index contributed by atoms with van der Waals surface area (Å²) in [6.45, 7) is 8.39. The van der Waals surface area contributed by atoms with Crippen molar-refractivity contribution in [3.63, 3.8) is 0 Å². The molecule has 0 radical (unpaired) electrons. The van der Waals surface area contributed by atoms with Crippen molar-refractivity contribution in [2.24, 2.45) is 5.92 Å². The summed E-state index contributed by atoms with van der Waals surface area (Å²) in [7, 11) is 0. The molecule has 0 saturated carbocycles. The first kappa shape index (κ1) is 23.7. The minimum Gasteiger partial charge on any atom is -0.346 e. The third kappa shape index (κ3) is 5.95. The Kier molecular flexibility index (Phi) is 8.23. The molecule has 9 heteroatoms. The molecule has 1 saturated heterocycles. The molecule has 8 nitrogen and oxygen atoms in total. The van der Waals surface area contributed by atoms with E-state index < -0.39 is 23.8 Å². The molecule has 1 atom stereocenters. The SMILES string of the molecule is CC(C)NC(=O)C(=O)N1CCN(C(=O)C(NC(=O)c2ccccc2Cl)C(C)C)CC1. The zero-order valence-corrected chi connectivity index (χ0v) is 18.5. The number of nitrogens with one attached hydrogen (secondary N) is 2. The van der Waals surface area contributed by atoms with Gasteiger partial charge in [-0.3, -0.25) is 19.2 Å². The summed E-state index contributed by atoms with van der Waals surface area (Å²) in [5.74, 6) is -2.00. The Balaban J connectivity index is 1.99. The number of carbonyl (C=O) groups is 4. The molecule has 0 bridgehead atoms. The monoisotopic (exact) mass is 436 g/mol. The molecule has 0 aliphatic carbocycles. The van der Waals surface area contributed by atoms with Crippen LogP contribution in [0.25, 0.3) is 0 Å². The molecule has 1 fully saturated rings. The molecule has 0 spiro atoms. The molecule has 30 heavy (non-hydrogen) atoms. The normalized spacial score (nSPS) is 15.2. The van der Waals surface area contributed by atoms with Crippen LogP contribution in [0, 0.1) is 5.92 Å². The Bertz CT molecular complexity index is 804. The molecular weight excluding hydrogens is 408 g/mol. The van der Waals surface area contributed by atoms with E-state index in [2.05, 4.69) is 10.6 Å². The van der Waals surface area contributed by atoms with Crippen LogP contribution in [0.4, 0.5) is 0 Å². The summed E-state index contributed by atoms with van der Waals surface area (Å²) in [6, 6.07) is 5.81. The van der Waals surface area contributed by atoms with Crippen LogP contribution in [-0.2, 0) is 14.4 Å². The molecule has 164 valence electrons. The maximum Gasteiger partial charge on any atom is 0.312 e. The average Bonchev–Trinajstić information content (AvgIpc) is 2.70. The fourth-order valence-electron chi connectivity index (χ4n) is 3.17. The molecule has 1 aromatic rings. The van der Waals surface area contributed by atoms with Gasteiger partial charge in [0.05, 0.1) is 10.6 Å². The van der Waals surface area contributed by atoms with Crippen molar-refractivity contribution >= 4 is 35.2 Å². The highest BCUT2D eigenvalue weighted by Crippen LogP contribution is 2.16. The van der Waals surface area contributed by atoms with E-state index in [4.69, 9.17) is 11.6 Å². The lowest BCUT2D eigenvalue weighted by Gasteiger charge is -2.37. The summed E-state index contributed by atoms with van der Waals surface area (Å²) in [5, 5.41) is 5.68. The number of carbonyl (C=O) groups excluding carboxylic acids is 4. The number of hydrogen-bond acceptors (Lipinski definition) is 4. The number of piperazine rings is 1. The second-order valence-corrected chi connectivity index (χ2v) is 8.33. The van der Waals surface area contributed by atoms with Crippen molar-refractivity contribution in [2.75, 3.05) is 26.2 Å². The molecule has 4 amide bonds. The Morgan fingerprint density at radius 1 is 0.900 bits per heavy atom.